The van der Waals surface area contributed by atoms with Crippen molar-refractivity contribution in [2.45, 2.75) is 24.3 Å². The highest BCUT2D eigenvalue weighted by Crippen LogP contribution is 2.29. The molecule has 1 aromatic rings. The van der Waals surface area contributed by atoms with Crippen LogP contribution >= 0.6 is 15.9 Å². The number of furan rings is 1. The molecule has 1 saturated heterocycles. The molecule has 2 heterocycles. The smallest absolute Gasteiger partial charge is 0.247 e. The highest BCUT2D eigenvalue weighted by atomic mass is 79.9. The van der Waals surface area contributed by atoms with Crippen LogP contribution in [-0.4, -0.2) is 46.6 Å². The second kappa shape index (κ2) is 7.23. The minimum Gasteiger partial charge on any atom is -0.452 e. The monoisotopic (exact) mass is 380 g/mol. The molecule has 6 nitrogen and oxygen atoms in total. The normalized spacial score (nSPS) is 17.5. The molecule has 1 aliphatic rings. The van der Waals surface area contributed by atoms with Gasteiger partial charge in [0.25, 0.3) is 0 Å². The Hall–Kier alpha value is -0.410. The van der Waals surface area contributed by atoms with Crippen molar-refractivity contribution in [3.63, 3.8) is 0 Å². The SMILES string of the molecule is CNCc1cc(S(=O)(=O)N(C)CC2CCOCC2)c(Br)o1. The van der Waals surface area contributed by atoms with Crippen molar-refractivity contribution in [2.24, 2.45) is 5.92 Å². The van der Waals surface area contributed by atoms with E-state index in [-0.39, 0.29) is 9.56 Å². The molecule has 0 aromatic carbocycles. The van der Waals surface area contributed by atoms with E-state index in [2.05, 4.69) is 21.2 Å². The Balaban J connectivity index is 2.12. The summed E-state index contributed by atoms with van der Waals surface area (Å²) in [5, 5.41) is 2.93. The summed E-state index contributed by atoms with van der Waals surface area (Å²) >= 11 is 3.20. The Morgan fingerprint density at radius 3 is 2.71 bits per heavy atom. The van der Waals surface area contributed by atoms with Crippen molar-refractivity contribution in [3.05, 3.63) is 16.5 Å². The Morgan fingerprint density at radius 1 is 1.43 bits per heavy atom. The topological polar surface area (TPSA) is 71.8 Å². The molecule has 0 saturated carbocycles. The van der Waals surface area contributed by atoms with Crippen LogP contribution in [-0.2, 0) is 21.3 Å². The molecule has 0 unspecified atom stereocenters. The van der Waals surface area contributed by atoms with Crippen LogP contribution in [0.3, 0.4) is 0 Å². The number of nitrogens with one attached hydrogen (secondary N) is 1. The molecule has 1 aliphatic heterocycles. The van der Waals surface area contributed by atoms with Gasteiger partial charge in [0.15, 0.2) is 4.67 Å². The average Bonchev–Trinajstić information content (AvgIpc) is 2.82. The summed E-state index contributed by atoms with van der Waals surface area (Å²) in [5.74, 6) is 0.934. The van der Waals surface area contributed by atoms with Gasteiger partial charge >= 0.3 is 0 Å². The fourth-order valence-electron chi connectivity index (χ4n) is 2.39. The van der Waals surface area contributed by atoms with Crippen LogP contribution in [0.5, 0.6) is 0 Å². The van der Waals surface area contributed by atoms with Gasteiger partial charge < -0.3 is 14.5 Å². The first kappa shape index (κ1) is 17.0. The second-order valence-corrected chi connectivity index (χ2v) is 7.96. The Kier molecular flexibility index (Phi) is 5.84. The number of ether oxygens (including phenoxy) is 1. The quantitative estimate of drug-likeness (QED) is 0.814. The predicted octanol–water partition coefficient (Wildman–Crippen LogP) is 1.81. The van der Waals surface area contributed by atoms with Crippen LogP contribution < -0.4 is 5.32 Å². The van der Waals surface area contributed by atoms with E-state index >= 15 is 0 Å². The largest absolute Gasteiger partial charge is 0.452 e. The summed E-state index contributed by atoms with van der Waals surface area (Å²) < 4.78 is 37.6. The van der Waals surface area contributed by atoms with Gasteiger partial charge in [0.2, 0.25) is 10.0 Å². The molecular formula is C13H21BrN2O4S. The summed E-state index contributed by atoms with van der Waals surface area (Å²) in [6.07, 6.45) is 1.80. The van der Waals surface area contributed by atoms with Gasteiger partial charge in [0.1, 0.15) is 10.7 Å². The average molecular weight is 381 g/mol. The molecule has 120 valence electrons. The van der Waals surface area contributed by atoms with Gasteiger partial charge in [-0.1, -0.05) is 0 Å². The van der Waals surface area contributed by atoms with Crippen molar-refractivity contribution < 1.29 is 17.6 Å². The molecule has 0 bridgehead atoms. The Morgan fingerprint density at radius 2 is 2.10 bits per heavy atom. The van der Waals surface area contributed by atoms with Gasteiger partial charge in [0, 0.05) is 32.9 Å². The lowest BCUT2D eigenvalue weighted by atomic mass is 10.0. The zero-order valence-electron chi connectivity index (χ0n) is 12.3. The van der Waals surface area contributed by atoms with Crippen molar-refractivity contribution in [1.29, 1.82) is 0 Å². The third kappa shape index (κ3) is 4.07. The minimum atomic E-state index is -3.54. The molecule has 8 heteroatoms. The van der Waals surface area contributed by atoms with E-state index in [4.69, 9.17) is 9.15 Å². The van der Waals surface area contributed by atoms with E-state index < -0.39 is 10.0 Å². The molecule has 21 heavy (non-hydrogen) atoms. The molecule has 0 aliphatic carbocycles. The van der Waals surface area contributed by atoms with Gasteiger partial charge in [-0.3, -0.25) is 0 Å². The molecule has 0 atom stereocenters. The summed E-state index contributed by atoms with van der Waals surface area (Å²) in [5.41, 5.74) is 0. The van der Waals surface area contributed by atoms with Crippen LogP contribution in [0.1, 0.15) is 18.6 Å². The van der Waals surface area contributed by atoms with E-state index in [0.29, 0.717) is 38.0 Å². The summed E-state index contributed by atoms with van der Waals surface area (Å²) in [6, 6.07) is 1.57. The van der Waals surface area contributed by atoms with Crippen LogP contribution in [0.15, 0.2) is 20.0 Å². The number of rotatable bonds is 6. The highest BCUT2D eigenvalue weighted by Gasteiger charge is 2.29. The lowest BCUT2D eigenvalue weighted by Gasteiger charge is -2.26. The van der Waals surface area contributed by atoms with Gasteiger partial charge in [-0.15, -0.1) is 0 Å². The number of hydrogen-bond donors (Lipinski definition) is 1. The van der Waals surface area contributed by atoms with E-state index in [1.165, 1.54) is 4.31 Å². The maximum atomic E-state index is 12.6. The fraction of sp³-hybridized carbons (Fsp3) is 0.692. The third-order valence-electron chi connectivity index (χ3n) is 3.60. The first-order valence-corrected chi connectivity index (χ1v) is 9.15. The lowest BCUT2D eigenvalue weighted by Crippen LogP contribution is -2.34. The van der Waals surface area contributed by atoms with Crippen LogP contribution in [0.25, 0.3) is 0 Å². The van der Waals surface area contributed by atoms with E-state index in [0.717, 1.165) is 12.8 Å². The van der Waals surface area contributed by atoms with Gasteiger partial charge in [-0.05, 0) is 41.7 Å². The zero-order chi connectivity index (χ0) is 15.5. The molecular weight excluding hydrogens is 360 g/mol. The van der Waals surface area contributed by atoms with Gasteiger partial charge in [-0.2, -0.15) is 0 Å². The minimum absolute atomic E-state index is 0.183. The number of nitrogens with zero attached hydrogens (tertiary/aromatic N) is 1. The van der Waals surface area contributed by atoms with Crippen molar-refractivity contribution >= 4 is 26.0 Å². The second-order valence-electron chi connectivity index (χ2n) is 5.22. The molecule has 1 N–H and O–H groups in total. The van der Waals surface area contributed by atoms with E-state index in [9.17, 15) is 8.42 Å². The fourth-order valence-corrected chi connectivity index (χ4v) is 4.60. The number of halogens is 1. The zero-order valence-corrected chi connectivity index (χ0v) is 14.7. The standard InChI is InChI=1S/C13H21BrN2O4S/c1-15-8-11-7-12(13(14)20-11)21(17,18)16(2)9-10-3-5-19-6-4-10/h7,10,15H,3-6,8-9H2,1-2H3. The van der Waals surface area contributed by atoms with Crippen LogP contribution in [0, 0.1) is 5.92 Å². The third-order valence-corrected chi connectivity index (χ3v) is 6.28. The first-order valence-electron chi connectivity index (χ1n) is 6.92. The van der Waals surface area contributed by atoms with Crippen LogP contribution in [0.2, 0.25) is 0 Å². The van der Waals surface area contributed by atoms with Crippen molar-refractivity contribution in [1.82, 2.24) is 9.62 Å². The molecule has 1 aromatic heterocycles. The first-order chi connectivity index (χ1) is 9.95. The van der Waals surface area contributed by atoms with Crippen molar-refractivity contribution in [3.8, 4) is 0 Å². The van der Waals surface area contributed by atoms with Gasteiger partial charge in [-0.25, -0.2) is 12.7 Å². The summed E-state index contributed by atoms with van der Waals surface area (Å²) in [7, 11) is -0.150. The summed E-state index contributed by atoms with van der Waals surface area (Å²) in [6.45, 7) is 2.41. The maximum Gasteiger partial charge on any atom is 0.247 e. The Labute approximate surface area is 134 Å². The molecule has 1 fully saturated rings. The number of sulfonamides is 1. The molecule has 0 amide bonds. The van der Waals surface area contributed by atoms with Crippen LogP contribution in [0.4, 0.5) is 0 Å². The van der Waals surface area contributed by atoms with E-state index in [1.807, 2.05) is 0 Å². The lowest BCUT2D eigenvalue weighted by molar-refractivity contribution is 0.0620. The predicted molar refractivity (Wildman–Crippen MR) is 82.5 cm³/mol. The maximum absolute atomic E-state index is 12.6. The van der Waals surface area contributed by atoms with E-state index in [1.54, 1.807) is 20.2 Å². The Bertz CT molecular complexity index is 567. The highest BCUT2D eigenvalue weighted by molar-refractivity contribution is 9.10. The van der Waals surface area contributed by atoms with Crippen molar-refractivity contribution in [2.75, 3.05) is 33.9 Å². The molecule has 0 spiro atoms. The number of hydrogen-bond acceptors (Lipinski definition) is 5. The van der Waals surface area contributed by atoms with Gasteiger partial charge in [0.05, 0.1) is 6.54 Å². The summed E-state index contributed by atoms with van der Waals surface area (Å²) in [4.78, 5) is 0.183. The molecule has 0 radical (unpaired) electrons. The molecule has 2 rings (SSSR count).